The summed E-state index contributed by atoms with van der Waals surface area (Å²) in [5.41, 5.74) is 0. The molecule has 13 nitrogen and oxygen atoms in total. The summed E-state index contributed by atoms with van der Waals surface area (Å²) in [6.07, 6.45) is 0. The van der Waals surface area contributed by atoms with Crippen molar-refractivity contribution >= 4 is 10.4 Å². The molecule has 0 atom stereocenters. The molecule has 0 fully saturated rings. The summed E-state index contributed by atoms with van der Waals surface area (Å²) in [5, 5.41) is 0. The van der Waals surface area contributed by atoms with Crippen LogP contribution in [-0.2, 0) is 14.9 Å². The van der Waals surface area contributed by atoms with Crippen molar-refractivity contribution in [2.75, 3.05) is 0 Å². The molecule has 0 heterocycles. The molecule has 0 amide bonds. The van der Waals surface area contributed by atoms with E-state index in [9.17, 15) is 0 Å². The topological polar surface area (TPSA) is 335 Å². The molecule has 0 aliphatic rings. The molecule has 0 aromatic heterocycles. The first kappa shape index (κ1) is 79.3. The SMILES string of the molecule is O.O.O.O.O.O.O.O=S(=O)([O-])[O-].[O]=[U+2]=[O]. The van der Waals surface area contributed by atoms with Crippen molar-refractivity contribution in [1.29, 1.82) is 0 Å². The monoisotopic (exact) mass is 492 g/mol. The van der Waals surface area contributed by atoms with Gasteiger partial charge in [-0.2, -0.15) is 0 Å². The molecule has 0 unspecified atom stereocenters. The van der Waals surface area contributed by atoms with Gasteiger partial charge < -0.3 is 47.4 Å². The fourth-order valence-corrected chi connectivity index (χ4v) is 0. The molecule has 0 bridgehead atoms. The second-order valence-corrected chi connectivity index (χ2v) is 2.00. The zero-order valence-corrected chi connectivity index (χ0v) is 11.8. The van der Waals surface area contributed by atoms with Crippen molar-refractivity contribution in [3.63, 3.8) is 0 Å². The molecule has 0 aliphatic carbocycles. The van der Waals surface area contributed by atoms with Crippen LogP contribution in [0.25, 0.3) is 0 Å². The van der Waals surface area contributed by atoms with Crippen LogP contribution in [0.5, 0.6) is 0 Å². The Bertz CT molecular complexity index is 151. The molecule has 15 heavy (non-hydrogen) atoms. The molecule has 14 N–H and O–H groups in total. The van der Waals surface area contributed by atoms with E-state index in [0.29, 0.717) is 0 Å². The van der Waals surface area contributed by atoms with E-state index in [-0.39, 0.29) is 38.3 Å². The number of hydrogen-bond donors (Lipinski definition) is 0. The Hall–Kier alpha value is 0.242. The fraction of sp³-hybridized carbons (Fsp3) is 0. The molecule has 0 saturated carbocycles. The van der Waals surface area contributed by atoms with E-state index >= 15 is 0 Å². The molecule has 102 valence electrons. The summed E-state index contributed by atoms with van der Waals surface area (Å²) in [4.78, 5) is 0. The van der Waals surface area contributed by atoms with Gasteiger partial charge in [-0.05, 0) is 0 Å². The molecule has 0 aliphatic heterocycles. The maximum absolute atomic E-state index is 8.58. The molecule has 0 aromatic rings. The summed E-state index contributed by atoms with van der Waals surface area (Å²) in [6, 6.07) is 0. The van der Waals surface area contributed by atoms with Crippen molar-refractivity contribution in [1.82, 2.24) is 0 Å². The van der Waals surface area contributed by atoms with Crippen LogP contribution in [0, 0.1) is 27.8 Å². The Balaban J connectivity index is -0.00000000486. The Morgan fingerprint density at radius 1 is 0.667 bits per heavy atom. The van der Waals surface area contributed by atoms with Crippen molar-refractivity contribution in [2.45, 2.75) is 0 Å². The minimum atomic E-state index is -5.17. The Labute approximate surface area is 98.4 Å². The van der Waals surface area contributed by atoms with Crippen LogP contribution >= 0.6 is 0 Å². The third-order valence-electron chi connectivity index (χ3n) is 0. The summed E-state index contributed by atoms with van der Waals surface area (Å²) < 4.78 is 51.3. The van der Waals surface area contributed by atoms with Crippen LogP contribution in [0.1, 0.15) is 0 Å². The average molecular weight is 492 g/mol. The standard InChI is InChI=1S/H2O4S.7H2O.2O.U/c1-5(2,3)4;;;;;;;;;;/h(H2,1,2,3,4);7*1H2;;;/q;;;;;;;;;;+2/p-2. The summed E-state index contributed by atoms with van der Waals surface area (Å²) in [5.74, 6) is 0. The first-order valence-corrected chi connectivity index (χ1v) is 5.81. The Kier molecular flexibility index (Phi) is 252. The van der Waals surface area contributed by atoms with E-state index < -0.39 is 38.2 Å². The van der Waals surface area contributed by atoms with E-state index in [1.807, 2.05) is 0 Å². The molecule has 0 radical (unpaired) electrons. The van der Waals surface area contributed by atoms with Crippen molar-refractivity contribution < 1.29 is 88.1 Å². The van der Waals surface area contributed by atoms with Crippen molar-refractivity contribution in [3.8, 4) is 0 Å². The molecule has 0 saturated heterocycles. The summed E-state index contributed by atoms with van der Waals surface area (Å²) in [7, 11) is -5.17. The molecular formula is H14O13SU. The zero-order chi connectivity index (χ0) is 7.21. The van der Waals surface area contributed by atoms with Gasteiger partial charge in [0.15, 0.2) is 0 Å². The maximum atomic E-state index is 8.58. The van der Waals surface area contributed by atoms with Crippen molar-refractivity contribution in [3.05, 3.63) is 0 Å². The Morgan fingerprint density at radius 3 is 0.667 bits per heavy atom. The van der Waals surface area contributed by atoms with Crippen LogP contribution in [0.2, 0.25) is 0 Å². The van der Waals surface area contributed by atoms with Gasteiger partial charge in [0.05, 0.1) is 0 Å². The third kappa shape index (κ3) is 36500. The van der Waals surface area contributed by atoms with Crippen LogP contribution in [0.4, 0.5) is 0 Å². The molecule has 0 rings (SSSR count). The van der Waals surface area contributed by atoms with Gasteiger partial charge in [-0.3, -0.25) is 8.42 Å². The summed E-state index contributed by atoms with van der Waals surface area (Å²) in [6.45, 7) is 0. The predicted octanol–water partition coefficient (Wildman–Crippen LogP) is -7.35. The van der Waals surface area contributed by atoms with Gasteiger partial charge in [-0.1, -0.05) is 0 Å². The normalized spacial score (nSPS) is 4.40. The molecule has 15 heteroatoms. The van der Waals surface area contributed by atoms with E-state index in [2.05, 4.69) is 0 Å². The zero-order valence-electron chi connectivity index (χ0n) is 6.86. The second kappa shape index (κ2) is 47.6. The van der Waals surface area contributed by atoms with E-state index in [1.165, 1.54) is 0 Å². The first-order chi connectivity index (χ1) is 3.41. The van der Waals surface area contributed by atoms with E-state index in [1.54, 1.807) is 0 Å². The number of rotatable bonds is 0. The third-order valence-corrected chi connectivity index (χ3v) is 0. The van der Waals surface area contributed by atoms with Gasteiger partial charge in [0.2, 0.25) is 0 Å². The van der Waals surface area contributed by atoms with Crippen LogP contribution in [0.15, 0.2) is 0 Å². The van der Waals surface area contributed by atoms with Crippen LogP contribution < -0.4 is 0 Å². The first-order valence-electron chi connectivity index (χ1n) is 1.07. The Morgan fingerprint density at radius 2 is 0.667 bits per heavy atom. The molecule has 0 aromatic carbocycles. The second-order valence-electron chi connectivity index (χ2n) is 0.492. The average Bonchev–Trinajstić information content (AvgIpc) is 1.27. The van der Waals surface area contributed by atoms with Crippen molar-refractivity contribution in [2.24, 2.45) is 0 Å². The van der Waals surface area contributed by atoms with E-state index in [0.717, 1.165) is 0 Å². The quantitative estimate of drug-likeness (QED) is 0.233. The van der Waals surface area contributed by atoms with Crippen LogP contribution in [-0.4, -0.2) is 55.9 Å². The minimum absolute atomic E-state index is 0. The molecular weight excluding hydrogens is 478 g/mol. The van der Waals surface area contributed by atoms with Crippen LogP contribution in [0.3, 0.4) is 0 Å². The molecule has 0 spiro atoms. The number of hydrogen-bond acceptors (Lipinski definition) is 6. The predicted molar refractivity (Wildman–Crippen MR) is 37.1 cm³/mol. The van der Waals surface area contributed by atoms with Gasteiger partial charge in [-0.25, -0.2) is 0 Å². The summed E-state index contributed by atoms with van der Waals surface area (Å²) >= 11 is -2.51. The van der Waals surface area contributed by atoms with E-state index in [4.69, 9.17) is 22.0 Å². The van der Waals surface area contributed by atoms with Gasteiger partial charge >= 0.3 is 32.3 Å². The van der Waals surface area contributed by atoms with Gasteiger partial charge in [0.1, 0.15) is 0 Å². The van der Waals surface area contributed by atoms with Gasteiger partial charge in [-0.15, -0.1) is 0 Å². The fourth-order valence-electron chi connectivity index (χ4n) is 0. The van der Waals surface area contributed by atoms with Gasteiger partial charge in [0, 0.05) is 10.4 Å². The van der Waals surface area contributed by atoms with Gasteiger partial charge in [0.25, 0.3) is 0 Å².